The third-order valence-corrected chi connectivity index (χ3v) is 5.22. The van der Waals surface area contributed by atoms with Crippen molar-refractivity contribution in [2.45, 2.75) is 31.9 Å². The van der Waals surface area contributed by atoms with Gasteiger partial charge in [-0.15, -0.1) is 0 Å². The zero-order valence-corrected chi connectivity index (χ0v) is 15.0. The first kappa shape index (κ1) is 18.5. The van der Waals surface area contributed by atoms with E-state index in [-0.39, 0.29) is 12.8 Å². The fourth-order valence-electron chi connectivity index (χ4n) is 3.76. The van der Waals surface area contributed by atoms with Gasteiger partial charge < -0.3 is 9.73 Å². The Morgan fingerprint density at radius 2 is 1.75 bits per heavy atom. The van der Waals surface area contributed by atoms with E-state index in [1.54, 1.807) is 24.3 Å². The SMILES string of the molecule is O=C(Nc1ccc(-c2nc3ccccc3o2)cc1)[C@H]1CCCC[C@H]1C(F)(F)F. The second-order valence-electron chi connectivity index (χ2n) is 7.09. The molecule has 1 fully saturated rings. The molecule has 0 unspecified atom stereocenters. The lowest BCUT2D eigenvalue weighted by molar-refractivity contribution is -0.197. The van der Waals surface area contributed by atoms with Crippen molar-refractivity contribution >= 4 is 22.7 Å². The molecular weight excluding hydrogens is 369 g/mol. The zero-order valence-electron chi connectivity index (χ0n) is 15.0. The van der Waals surface area contributed by atoms with Gasteiger partial charge in [0.25, 0.3) is 0 Å². The number of aromatic nitrogens is 1. The van der Waals surface area contributed by atoms with Crippen LogP contribution in [0.1, 0.15) is 25.7 Å². The molecule has 1 aliphatic rings. The monoisotopic (exact) mass is 388 g/mol. The number of rotatable bonds is 3. The Balaban J connectivity index is 1.48. The van der Waals surface area contributed by atoms with Crippen molar-refractivity contribution in [1.29, 1.82) is 0 Å². The van der Waals surface area contributed by atoms with Crippen LogP contribution < -0.4 is 5.32 Å². The van der Waals surface area contributed by atoms with Crippen LogP contribution in [0.15, 0.2) is 52.9 Å². The van der Waals surface area contributed by atoms with Gasteiger partial charge in [0.1, 0.15) is 5.52 Å². The van der Waals surface area contributed by atoms with E-state index in [0.717, 1.165) is 11.1 Å². The summed E-state index contributed by atoms with van der Waals surface area (Å²) >= 11 is 0. The highest BCUT2D eigenvalue weighted by atomic mass is 19.4. The van der Waals surface area contributed by atoms with Gasteiger partial charge in [0.2, 0.25) is 11.8 Å². The number of carbonyl (C=O) groups excluding carboxylic acids is 1. The van der Waals surface area contributed by atoms with Crippen LogP contribution >= 0.6 is 0 Å². The molecule has 0 bridgehead atoms. The van der Waals surface area contributed by atoms with Crippen LogP contribution in [0.4, 0.5) is 18.9 Å². The van der Waals surface area contributed by atoms with E-state index in [1.165, 1.54) is 0 Å². The minimum atomic E-state index is -4.35. The summed E-state index contributed by atoms with van der Waals surface area (Å²) in [5, 5.41) is 2.63. The molecule has 7 heteroatoms. The molecule has 2 aromatic carbocycles. The van der Waals surface area contributed by atoms with E-state index in [4.69, 9.17) is 4.42 Å². The van der Waals surface area contributed by atoms with Crippen LogP contribution in [0.3, 0.4) is 0 Å². The van der Waals surface area contributed by atoms with Gasteiger partial charge in [-0.25, -0.2) is 4.98 Å². The molecule has 2 atom stereocenters. The average molecular weight is 388 g/mol. The largest absolute Gasteiger partial charge is 0.436 e. The van der Waals surface area contributed by atoms with Crippen molar-refractivity contribution < 1.29 is 22.4 Å². The molecule has 1 N–H and O–H groups in total. The summed E-state index contributed by atoms with van der Waals surface area (Å²) in [5.74, 6) is -2.73. The lowest BCUT2D eigenvalue weighted by Gasteiger charge is -2.32. The highest BCUT2D eigenvalue weighted by molar-refractivity contribution is 5.93. The van der Waals surface area contributed by atoms with Crippen molar-refractivity contribution in [3.63, 3.8) is 0 Å². The first-order valence-corrected chi connectivity index (χ1v) is 9.25. The van der Waals surface area contributed by atoms with Gasteiger partial charge in [0.05, 0.1) is 5.92 Å². The quantitative estimate of drug-likeness (QED) is 0.617. The van der Waals surface area contributed by atoms with E-state index in [0.29, 0.717) is 30.0 Å². The molecule has 3 aromatic rings. The number of amides is 1. The Labute approximate surface area is 159 Å². The van der Waals surface area contributed by atoms with Crippen molar-refractivity contribution in [2.24, 2.45) is 11.8 Å². The first-order chi connectivity index (χ1) is 13.4. The minimum Gasteiger partial charge on any atom is -0.436 e. The van der Waals surface area contributed by atoms with Crippen molar-refractivity contribution in [2.75, 3.05) is 5.32 Å². The summed E-state index contributed by atoms with van der Waals surface area (Å²) in [6, 6.07) is 14.1. The number of benzene rings is 2. The van der Waals surface area contributed by atoms with E-state index >= 15 is 0 Å². The van der Waals surface area contributed by atoms with Gasteiger partial charge in [0.15, 0.2) is 5.58 Å². The van der Waals surface area contributed by atoms with Crippen LogP contribution in [-0.4, -0.2) is 17.1 Å². The van der Waals surface area contributed by atoms with Gasteiger partial charge >= 0.3 is 6.18 Å². The van der Waals surface area contributed by atoms with Crippen LogP contribution in [0, 0.1) is 11.8 Å². The molecule has 1 aliphatic carbocycles. The second-order valence-corrected chi connectivity index (χ2v) is 7.09. The molecule has 1 amide bonds. The molecule has 1 aromatic heterocycles. The topological polar surface area (TPSA) is 55.1 Å². The molecule has 1 saturated carbocycles. The molecule has 0 saturated heterocycles. The van der Waals surface area contributed by atoms with Gasteiger partial charge in [-0.2, -0.15) is 13.2 Å². The maximum absolute atomic E-state index is 13.2. The van der Waals surface area contributed by atoms with Gasteiger partial charge in [-0.3, -0.25) is 4.79 Å². The van der Waals surface area contributed by atoms with Gasteiger partial charge in [-0.1, -0.05) is 25.0 Å². The summed E-state index contributed by atoms with van der Waals surface area (Å²) in [4.78, 5) is 16.9. The lowest BCUT2D eigenvalue weighted by Crippen LogP contribution is -2.39. The number of alkyl halides is 3. The lowest BCUT2D eigenvalue weighted by atomic mass is 9.78. The van der Waals surface area contributed by atoms with E-state index in [1.807, 2.05) is 24.3 Å². The highest BCUT2D eigenvalue weighted by Crippen LogP contribution is 2.42. The molecular formula is C21H19F3N2O2. The van der Waals surface area contributed by atoms with Crippen molar-refractivity contribution in [3.05, 3.63) is 48.5 Å². The van der Waals surface area contributed by atoms with E-state index in [2.05, 4.69) is 10.3 Å². The van der Waals surface area contributed by atoms with Gasteiger partial charge in [-0.05, 0) is 49.2 Å². The number of para-hydroxylation sites is 2. The Bertz CT molecular complexity index is 946. The van der Waals surface area contributed by atoms with Crippen molar-refractivity contribution in [1.82, 2.24) is 4.98 Å². The summed E-state index contributed by atoms with van der Waals surface area (Å²) in [6.45, 7) is 0. The molecule has 28 heavy (non-hydrogen) atoms. The molecule has 0 radical (unpaired) electrons. The molecule has 4 rings (SSSR count). The van der Waals surface area contributed by atoms with Crippen molar-refractivity contribution in [3.8, 4) is 11.5 Å². The Hall–Kier alpha value is -2.83. The third kappa shape index (κ3) is 3.74. The number of carbonyl (C=O) groups is 1. The maximum atomic E-state index is 13.2. The summed E-state index contributed by atoms with van der Waals surface area (Å²) in [7, 11) is 0. The summed E-state index contributed by atoms with van der Waals surface area (Å²) in [5.41, 5.74) is 2.59. The molecule has 4 nitrogen and oxygen atoms in total. The molecule has 0 aliphatic heterocycles. The van der Waals surface area contributed by atoms with Crippen LogP contribution in [0.5, 0.6) is 0 Å². The maximum Gasteiger partial charge on any atom is 0.392 e. The predicted molar refractivity (Wildman–Crippen MR) is 99.6 cm³/mol. The normalized spacial score (nSPS) is 20.2. The Morgan fingerprint density at radius 1 is 1.04 bits per heavy atom. The molecule has 0 spiro atoms. The molecule has 146 valence electrons. The summed E-state index contributed by atoms with van der Waals surface area (Å²) in [6.07, 6.45) is -2.93. The minimum absolute atomic E-state index is 0.0121. The number of fused-ring (bicyclic) bond motifs is 1. The standard InChI is InChI=1S/C21H19F3N2O2/c22-21(23,24)16-6-2-1-5-15(16)19(27)25-14-11-9-13(10-12-14)20-26-17-7-3-4-8-18(17)28-20/h3-4,7-12,15-16H,1-2,5-6H2,(H,25,27)/t15-,16+/m0/s1. The molecule has 1 heterocycles. The Morgan fingerprint density at radius 3 is 2.46 bits per heavy atom. The fraction of sp³-hybridized carbons (Fsp3) is 0.333. The summed E-state index contributed by atoms with van der Waals surface area (Å²) < 4.78 is 45.4. The number of nitrogens with zero attached hydrogens (tertiary/aromatic N) is 1. The first-order valence-electron chi connectivity index (χ1n) is 9.25. The predicted octanol–water partition coefficient (Wildman–Crippen LogP) is 5.80. The number of anilines is 1. The van der Waals surface area contributed by atoms with Crippen LogP contribution in [0.2, 0.25) is 0 Å². The fourth-order valence-corrected chi connectivity index (χ4v) is 3.76. The second kappa shape index (κ2) is 7.30. The number of oxazole rings is 1. The Kier molecular flexibility index (Phi) is 4.83. The van der Waals surface area contributed by atoms with E-state index in [9.17, 15) is 18.0 Å². The zero-order chi connectivity index (χ0) is 19.7. The van der Waals surface area contributed by atoms with Crippen LogP contribution in [-0.2, 0) is 4.79 Å². The highest BCUT2D eigenvalue weighted by Gasteiger charge is 2.48. The van der Waals surface area contributed by atoms with Gasteiger partial charge in [0, 0.05) is 17.2 Å². The average Bonchev–Trinajstić information content (AvgIpc) is 3.12. The third-order valence-electron chi connectivity index (χ3n) is 5.22. The number of hydrogen-bond acceptors (Lipinski definition) is 3. The number of nitrogens with one attached hydrogen (secondary N) is 1. The van der Waals surface area contributed by atoms with E-state index < -0.39 is 23.9 Å². The van der Waals surface area contributed by atoms with Crippen LogP contribution in [0.25, 0.3) is 22.6 Å². The smallest absolute Gasteiger partial charge is 0.392 e. The number of halogens is 3. The number of hydrogen-bond donors (Lipinski definition) is 1.